The molecule has 1 aromatic heterocycles. The molecule has 1 saturated heterocycles. The number of carbonyl (C=O) groups excluding carboxylic acids is 1. The van der Waals surface area contributed by atoms with E-state index in [1.165, 1.54) is 18.2 Å². The van der Waals surface area contributed by atoms with E-state index in [0.29, 0.717) is 16.3 Å². The smallest absolute Gasteiger partial charge is 0.259 e. The lowest BCUT2D eigenvalue weighted by Gasteiger charge is -2.25. The molecule has 0 saturated carbocycles. The predicted molar refractivity (Wildman–Crippen MR) is 118 cm³/mol. The summed E-state index contributed by atoms with van der Waals surface area (Å²) >= 11 is 12.4. The maximum Gasteiger partial charge on any atom is 0.259 e. The summed E-state index contributed by atoms with van der Waals surface area (Å²) < 4.78 is 15.2. The molecule has 5 nitrogen and oxygen atoms in total. The number of aromatic nitrogens is 2. The molecule has 0 atom stereocenters. The fourth-order valence-corrected chi connectivity index (χ4v) is 4.20. The Morgan fingerprint density at radius 1 is 1.20 bits per heavy atom. The van der Waals surface area contributed by atoms with E-state index in [9.17, 15) is 9.18 Å². The molecule has 30 heavy (non-hydrogen) atoms. The van der Waals surface area contributed by atoms with Gasteiger partial charge in [-0.05, 0) is 68.8 Å². The first-order valence-electron chi connectivity index (χ1n) is 9.76. The number of rotatable bonds is 4. The van der Waals surface area contributed by atoms with Crippen LogP contribution in [-0.4, -0.2) is 28.8 Å². The molecule has 0 spiro atoms. The maximum absolute atomic E-state index is 13.3. The Morgan fingerprint density at radius 2 is 1.97 bits per heavy atom. The van der Waals surface area contributed by atoms with Crippen LogP contribution >= 0.6 is 23.2 Å². The zero-order chi connectivity index (χ0) is 21.3. The van der Waals surface area contributed by atoms with Gasteiger partial charge in [0.05, 0.1) is 33.9 Å². The number of hydrogen-bond acceptors (Lipinski definition) is 3. The second-order valence-corrected chi connectivity index (χ2v) is 8.16. The van der Waals surface area contributed by atoms with Gasteiger partial charge in [0.1, 0.15) is 5.82 Å². The number of carbonyl (C=O) groups is 1. The first-order valence-corrected chi connectivity index (χ1v) is 10.5. The Hall–Kier alpha value is -2.41. The van der Waals surface area contributed by atoms with Gasteiger partial charge < -0.3 is 10.6 Å². The van der Waals surface area contributed by atoms with Crippen LogP contribution in [0.15, 0.2) is 42.6 Å². The van der Waals surface area contributed by atoms with E-state index < -0.39 is 5.82 Å². The van der Waals surface area contributed by atoms with Crippen LogP contribution < -0.4 is 10.6 Å². The normalized spacial score (nSPS) is 14.7. The lowest BCUT2D eigenvalue weighted by atomic mass is 9.91. The maximum atomic E-state index is 13.3. The minimum atomic E-state index is -0.461. The van der Waals surface area contributed by atoms with Gasteiger partial charge >= 0.3 is 0 Å². The second kappa shape index (κ2) is 8.76. The van der Waals surface area contributed by atoms with E-state index in [-0.39, 0.29) is 16.8 Å². The number of benzene rings is 2. The predicted octanol–water partition coefficient (Wildman–Crippen LogP) is 5.35. The van der Waals surface area contributed by atoms with Gasteiger partial charge in [0.25, 0.3) is 5.91 Å². The molecule has 4 rings (SSSR count). The number of piperidine rings is 1. The van der Waals surface area contributed by atoms with Gasteiger partial charge in [0.2, 0.25) is 0 Å². The zero-order valence-corrected chi connectivity index (χ0v) is 17.9. The van der Waals surface area contributed by atoms with Crippen molar-refractivity contribution < 1.29 is 9.18 Å². The Bertz CT molecular complexity index is 1090. The Balaban J connectivity index is 1.76. The molecule has 2 heterocycles. The molecule has 1 aliphatic rings. The van der Waals surface area contributed by atoms with Gasteiger partial charge in [-0.25, -0.2) is 9.07 Å². The number of nitrogens with one attached hydrogen (secondary N) is 2. The Kier molecular flexibility index (Phi) is 6.09. The van der Waals surface area contributed by atoms with E-state index in [0.717, 1.165) is 42.9 Å². The third-order valence-electron chi connectivity index (χ3n) is 5.42. The summed E-state index contributed by atoms with van der Waals surface area (Å²) in [5, 5.41) is 11.5. The van der Waals surface area contributed by atoms with Crippen molar-refractivity contribution in [3.8, 4) is 5.69 Å². The average molecular weight is 447 g/mol. The summed E-state index contributed by atoms with van der Waals surface area (Å²) in [6.07, 6.45) is 3.36. The van der Waals surface area contributed by atoms with Crippen LogP contribution in [0.2, 0.25) is 10.0 Å². The van der Waals surface area contributed by atoms with Crippen molar-refractivity contribution in [2.24, 2.45) is 0 Å². The highest BCUT2D eigenvalue weighted by Crippen LogP contribution is 2.33. The van der Waals surface area contributed by atoms with Crippen molar-refractivity contribution >= 4 is 34.8 Å². The topological polar surface area (TPSA) is 59.0 Å². The van der Waals surface area contributed by atoms with E-state index in [2.05, 4.69) is 15.7 Å². The summed E-state index contributed by atoms with van der Waals surface area (Å²) in [4.78, 5) is 13.2. The van der Waals surface area contributed by atoms with Gasteiger partial charge in [-0.15, -0.1) is 0 Å². The summed E-state index contributed by atoms with van der Waals surface area (Å²) in [5.41, 5.74) is 3.41. The summed E-state index contributed by atoms with van der Waals surface area (Å²) in [6, 6.07) is 9.52. The monoisotopic (exact) mass is 446 g/mol. The van der Waals surface area contributed by atoms with Crippen molar-refractivity contribution in [1.82, 2.24) is 15.1 Å². The van der Waals surface area contributed by atoms with E-state index in [1.807, 2.05) is 29.8 Å². The van der Waals surface area contributed by atoms with Crippen LogP contribution in [0.4, 0.5) is 10.1 Å². The highest BCUT2D eigenvalue weighted by Gasteiger charge is 2.28. The van der Waals surface area contributed by atoms with E-state index in [4.69, 9.17) is 23.2 Å². The molecule has 0 unspecified atom stereocenters. The van der Waals surface area contributed by atoms with Crippen LogP contribution in [0.1, 0.15) is 40.4 Å². The number of amides is 1. The molecular weight excluding hydrogens is 426 g/mol. The Labute approximate surface area is 184 Å². The van der Waals surface area contributed by atoms with E-state index >= 15 is 0 Å². The average Bonchev–Trinajstić information content (AvgIpc) is 3.18. The lowest BCUT2D eigenvalue weighted by molar-refractivity contribution is 0.102. The molecule has 156 valence electrons. The number of anilines is 1. The molecule has 2 aromatic carbocycles. The summed E-state index contributed by atoms with van der Waals surface area (Å²) in [7, 11) is 0. The molecular formula is C22H21Cl2FN4O. The van der Waals surface area contributed by atoms with Gasteiger partial charge in [0.15, 0.2) is 0 Å². The zero-order valence-electron chi connectivity index (χ0n) is 16.4. The van der Waals surface area contributed by atoms with Crippen LogP contribution in [0.3, 0.4) is 0 Å². The minimum absolute atomic E-state index is 0.143. The van der Waals surface area contributed by atoms with Crippen LogP contribution in [0.25, 0.3) is 5.69 Å². The third-order valence-corrected chi connectivity index (χ3v) is 6.15. The van der Waals surface area contributed by atoms with Gasteiger partial charge in [0, 0.05) is 10.9 Å². The summed E-state index contributed by atoms with van der Waals surface area (Å²) in [5.74, 6) is -0.628. The molecule has 1 aliphatic heterocycles. The first kappa shape index (κ1) is 20.8. The van der Waals surface area contributed by atoms with Crippen LogP contribution in [0, 0.1) is 12.7 Å². The van der Waals surface area contributed by atoms with Crippen molar-refractivity contribution in [2.45, 2.75) is 25.7 Å². The third kappa shape index (κ3) is 4.08. The molecule has 1 fully saturated rings. The minimum Gasteiger partial charge on any atom is -0.321 e. The lowest BCUT2D eigenvalue weighted by Crippen LogP contribution is -2.29. The van der Waals surface area contributed by atoms with E-state index in [1.54, 1.807) is 6.20 Å². The fourth-order valence-electron chi connectivity index (χ4n) is 3.82. The molecule has 2 N–H and O–H groups in total. The molecule has 0 radical (unpaired) electrons. The standard InChI is InChI=1S/C22H21Cl2FN4O/c1-13-17(23)3-2-4-20(13)29-21(14-7-9-26-10-8-14)16(12-27-29)22(30)28-19-6-5-15(25)11-18(19)24/h2-6,11-12,14,26H,7-10H2,1H3,(H,28,30). The molecule has 0 aliphatic carbocycles. The van der Waals surface area contributed by atoms with Gasteiger partial charge in [-0.3, -0.25) is 4.79 Å². The molecule has 1 amide bonds. The highest BCUT2D eigenvalue weighted by molar-refractivity contribution is 6.34. The van der Waals surface area contributed by atoms with Gasteiger partial charge in [-0.2, -0.15) is 5.10 Å². The van der Waals surface area contributed by atoms with Crippen LogP contribution in [-0.2, 0) is 0 Å². The number of hydrogen-bond donors (Lipinski definition) is 2. The molecule has 8 heteroatoms. The second-order valence-electron chi connectivity index (χ2n) is 7.34. The molecule has 0 bridgehead atoms. The van der Waals surface area contributed by atoms with Crippen molar-refractivity contribution in [3.63, 3.8) is 0 Å². The first-order chi connectivity index (χ1) is 14.5. The van der Waals surface area contributed by atoms with Crippen molar-refractivity contribution in [3.05, 3.63) is 75.3 Å². The quantitative estimate of drug-likeness (QED) is 0.567. The van der Waals surface area contributed by atoms with Gasteiger partial charge in [-0.1, -0.05) is 29.3 Å². The van der Waals surface area contributed by atoms with Crippen LogP contribution in [0.5, 0.6) is 0 Å². The Morgan fingerprint density at radius 3 is 2.70 bits per heavy atom. The SMILES string of the molecule is Cc1c(Cl)cccc1-n1ncc(C(=O)Nc2ccc(F)cc2Cl)c1C1CCNCC1. The fraction of sp³-hybridized carbons (Fsp3) is 0.273. The highest BCUT2D eigenvalue weighted by atomic mass is 35.5. The summed E-state index contributed by atoms with van der Waals surface area (Å²) in [6.45, 7) is 3.67. The van der Waals surface area contributed by atoms with Crippen molar-refractivity contribution in [1.29, 1.82) is 0 Å². The molecule has 3 aromatic rings. The number of nitrogens with zero attached hydrogens (tertiary/aromatic N) is 2. The number of halogens is 3. The van der Waals surface area contributed by atoms with Crippen molar-refractivity contribution in [2.75, 3.05) is 18.4 Å². The largest absolute Gasteiger partial charge is 0.321 e.